The number of benzene rings is 2. The fourth-order valence-electron chi connectivity index (χ4n) is 1.80. The molecule has 1 atom stereocenters. The Balaban J connectivity index is 2.27. The molecule has 19 heavy (non-hydrogen) atoms. The summed E-state index contributed by atoms with van der Waals surface area (Å²) in [7, 11) is 1.61. The maximum atomic E-state index is 12.0. The van der Waals surface area contributed by atoms with Gasteiger partial charge in [0.25, 0.3) is 0 Å². The van der Waals surface area contributed by atoms with Gasteiger partial charge in [0.1, 0.15) is 6.04 Å². The van der Waals surface area contributed by atoms with Crippen molar-refractivity contribution in [2.45, 2.75) is 13.0 Å². The van der Waals surface area contributed by atoms with E-state index in [9.17, 15) is 4.79 Å². The van der Waals surface area contributed by atoms with E-state index in [4.69, 9.17) is 5.26 Å². The van der Waals surface area contributed by atoms with Crippen molar-refractivity contribution < 1.29 is 4.79 Å². The highest BCUT2D eigenvalue weighted by Crippen LogP contribution is 2.23. The highest BCUT2D eigenvalue weighted by Gasteiger charge is 2.15. The number of carbonyl (C=O) groups is 1. The Morgan fingerprint density at radius 3 is 2.68 bits per heavy atom. The van der Waals surface area contributed by atoms with E-state index < -0.39 is 6.04 Å². The fourth-order valence-corrected chi connectivity index (χ4v) is 1.80. The van der Waals surface area contributed by atoms with Crippen molar-refractivity contribution in [3.05, 3.63) is 42.5 Å². The number of nitrogens with one attached hydrogen (secondary N) is 1. The molecular formula is C15H15N3O. The van der Waals surface area contributed by atoms with E-state index in [1.54, 1.807) is 14.0 Å². The summed E-state index contributed by atoms with van der Waals surface area (Å²) >= 11 is 0. The number of rotatable bonds is 2. The summed E-state index contributed by atoms with van der Waals surface area (Å²) in [5, 5.41) is 13.7. The first-order chi connectivity index (χ1) is 9.13. The number of urea groups is 1. The zero-order valence-electron chi connectivity index (χ0n) is 10.9. The summed E-state index contributed by atoms with van der Waals surface area (Å²) < 4.78 is 0. The highest BCUT2D eigenvalue weighted by molar-refractivity contribution is 6.01. The minimum atomic E-state index is -0.463. The second-order valence-electron chi connectivity index (χ2n) is 4.37. The maximum absolute atomic E-state index is 12.0. The van der Waals surface area contributed by atoms with Gasteiger partial charge in [0.05, 0.1) is 11.8 Å². The summed E-state index contributed by atoms with van der Waals surface area (Å²) in [6, 6.07) is 14.9. The van der Waals surface area contributed by atoms with Crippen LogP contribution in [0.25, 0.3) is 10.8 Å². The van der Waals surface area contributed by atoms with Crippen LogP contribution in [0.3, 0.4) is 0 Å². The molecule has 4 nitrogen and oxygen atoms in total. The van der Waals surface area contributed by atoms with E-state index in [-0.39, 0.29) is 6.03 Å². The van der Waals surface area contributed by atoms with Crippen molar-refractivity contribution in [1.29, 1.82) is 5.26 Å². The molecule has 0 fully saturated rings. The van der Waals surface area contributed by atoms with Crippen molar-refractivity contribution in [3.8, 4) is 6.07 Å². The minimum Gasteiger partial charge on any atom is -0.312 e. The van der Waals surface area contributed by atoms with Gasteiger partial charge >= 0.3 is 6.03 Å². The average Bonchev–Trinajstić information content (AvgIpc) is 2.46. The van der Waals surface area contributed by atoms with E-state index in [0.717, 1.165) is 16.5 Å². The second kappa shape index (κ2) is 5.40. The molecule has 0 aliphatic carbocycles. The lowest BCUT2D eigenvalue weighted by atomic mass is 10.1. The van der Waals surface area contributed by atoms with Gasteiger partial charge < -0.3 is 10.2 Å². The molecule has 0 radical (unpaired) electrons. The van der Waals surface area contributed by atoms with Gasteiger partial charge in [0, 0.05) is 12.4 Å². The molecule has 0 aliphatic rings. The van der Waals surface area contributed by atoms with Crippen molar-refractivity contribution >= 4 is 22.5 Å². The predicted molar refractivity (Wildman–Crippen MR) is 75.8 cm³/mol. The number of hydrogen-bond acceptors (Lipinski definition) is 2. The van der Waals surface area contributed by atoms with Crippen molar-refractivity contribution in [3.63, 3.8) is 0 Å². The van der Waals surface area contributed by atoms with Gasteiger partial charge in [0.2, 0.25) is 0 Å². The average molecular weight is 253 g/mol. The third kappa shape index (κ3) is 2.66. The van der Waals surface area contributed by atoms with Crippen LogP contribution in [0.2, 0.25) is 0 Å². The molecule has 1 unspecified atom stereocenters. The van der Waals surface area contributed by atoms with Crippen LogP contribution >= 0.6 is 0 Å². The molecule has 4 heteroatoms. The number of nitriles is 1. The standard InChI is InChI=1S/C15H15N3O/c1-11(10-16)18(2)15(19)17-14-9-5-7-12-6-3-4-8-13(12)14/h3-9,11H,1-2H3,(H,17,19). The molecule has 0 aliphatic heterocycles. The van der Waals surface area contributed by atoms with E-state index in [1.165, 1.54) is 4.90 Å². The smallest absolute Gasteiger partial charge is 0.312 e. The Hall–Kier alpha value is -2.54. The van der Waals surface area contributed by atoms with Gasteiger partial charge in [-0.1, -0.05) is 36.4 Å². The van der Waals surface area contributed by atoms with Crippen LogP contribution in [0.15, 0.2) is 42.5 Å². The molecule has 0 spiro atoms. The lowest BCUT2D eigenvalue weighted by Crippen LogP contribution is -2.37. The summed E-state index contributed by atoms with van der Waals surface area (Å²) in [6.07, 6.45) is 0. The monoisotopic (exact) mass is 253 g/mol. The Morgan fingerprint density at radius 1 is 1.26 bits per heavy atom. The van der Waals surface area contributed by atoms with Gasteiger partial charge in [-0.15, -0.1) is 0 Å². The molecule has 0 saturated carbocycles. The summed E-state index contributed by atoms with van der Waals surface area (Å²) in [5.74, 6) is 0. The predicted octanol–water partition coefficient (Wildman–Crippen LogP) is 3.22. The summed E-state index contributed by atoms with van der Waals surface area (Å²) in [5.41, 5.74) is 0.750. The summed E-state index contributed by atoms with van der Waals surface area (Å²) in [6.45, 7) is 1.68. The van der Waals surface area contributed by atoms with E-state index in [1.807, 2.05) is 48.5 Å². The van der Waals surface area contributed by atoms with Gasteiger partial charge in [-0.05, 0) is 18.4 Å². The van der Waals surface area contributed by atoms with Crippen LogP contribution in [-0.4, -0.2) is 24.0 Å². The molecule has 2 aromatic rings. The molecule has 0 aromatic heterocycles. The lowest BCUT2D eigenvalue weighted by molar-refractivity contribution is 0.217. The summed E-state index contributed by atoms with van der Waals surface area (Å²) in [4.78, 5) is 13.4. The van der Waals surface area contributed by atoms with Gasteiger partial charge in [0.15, 0.2) is 0 Å². The van der Waals surface area contributed by atoms with Crippen LogP contribution in [-0.2, 0) is 0 Å². The Kier molecular flexibility index (Phi) is 3.67. The van der Waals surface area contributed by atoms with Crippen molar-refractivity contribution in [2.24, 2.45) is 0 Å². The Bertz CT molecular complexity index is 640. The molecule has 96 valence electrons. The number of amides is 2. The number of hydrogen-bond donors (Lipinski definition) is 1. The second-order valence-corrected chi connectivity index (χ2v) is 4.37. The third-order valence-corrected chi connectivity index (χ3v) is 3.12. The van der Waals surface area contributed by atoms with Crippen LogP contribution in [0.5, 0.6) is 0 Å². The molecule has 0 heterocycles. The van der Waals surface area contributed by atoms with E-state index >= 15 is 0 Å². The number of fused-ring (bicyclic) bond motifs is 1. The first-order valence-corrected chi connectivity index (χ1v) is 6.04. The van der Waals surface area contributed by atoms with Crippen molar-refractivity contribution in [1.82, 2.24) is 4.90 Å². The SMILES string of the molecule is CC(C#N)N(C)C(=O)Nc1cccc2ccccc12. The molecule has 2 amide bonds. The number of nitrogens with zero attached hydrogens (tertiary/aromatic N) is 2. The van der Waals surface area contributed by atoms with Gasteiger partial charge in [-0.25, -0.2) is 4.79 Å². The maximum Gasteiger partial charge on any atom is 0.322 e. The molecule has 2 rings (SSSR count). The largest absolute Gasteiger partial charge is 0.322 e. The van der Waals surface area contributed by atoms with Crippen molar-refractivity contribution in [2.75, 3.05) is 12.4 Å². The van der Waals surface area contributed by atoms with E-state index in [0.29, 0.717) is 0 Å². The minimum absolute atomic E-state index is 0.287. The quantitative estimate of drug-likeness (QED) is 0.893. The normalized spacial score (nSPS) is 11.6. The number of anilines is 1. The van der Waals surface area contributed by atoms with Gasteiger partial charge in [-0.3, -0.25) is 0 Å². The first kappa shape index (κ1) is 12.9. The number of carbonyl (C=O) groups excluding carboxylic acids is 1. The molecule has 1 N–H and O–H groups in total. The third-order valence-electron chi connectivity index (χ3n) is 3.12. The fraction of sp³-hybridized carbons (Fsp3) is 0.200. The topological polar surface area (TPSA) is 56.1 Å². The van der Waals surface area contributed by atoms with Gasteiger partial charge in [-0.2, -0.15) is 5.26 Å². The molecule has 0 bridgehead atoms. The molecular weight excluding hydrogens is 238 g/mol. The van der Waals surface area contributed by atoms with E-state index in [2.05, 4.69) is 5.32 Å². The van der Waals surface area contributed by atoms with Crippen LogP contribution in [0.1, 0.15) is 6.92 Å². The Labute approximate surface area is 112 Å². The first-order valence-electron chi connectivity index (χ1n) is 6.04. The zero-order chi connectivity index (χ0) is 13.8. The Morgan fingerprint density at radius 2 is 1.95 bits per heavy atom. The van der Waals surface area contributed by atoms with Crippen LogP contribution < -0.4 is 5.32 Å². The molecule has 0 saturated heterocycles. The zero-order valence-corrected chi connectivity index (χ0v) is 10.9. The van der Waals surface area contributed by atoms with Crippen LogP contribution in [0, 0.1) is 11.3 Å². The van der Waals surface area contributed by atoms with Crippen LogP contribution in [0.4, 0.5) is 10.5 Å². The lowest BCUT2D eigenvalue weighted by Gasteiger charge is -2.20. The molecule has 2 aromatic carbocycles. The highest BCUT2D eigenvalue weighted by atomic mass is 16.2.